The molecule has 5 nitrogen and oxygen atoms in total. The number of benzene rings is 2. The van der Waals surface area contributed by atoms with E-state index in [1.165, 1.54) is 12.1 Å². The van der Waals surface area contributed by atoms with Gasteiger partial charge in [-0.1, -0.05) is 0 Å². The minimum Gasteiger partial charge on any atom is -0.508 e. The van der Waals surface area contributed by atoms with Crippen molar-refractivity contribution < 1.29 is 23.7 Å². The first-order valence-electron chi connectivity index (χ1n) is 7.80. The number of aromatic hydroxyl groups is 1. The number of nitrogens with zero attached hydrogens (tertiary/aromatic N) is 1. The lowest BCUT2D eigenvalue weighted by Gasteiger charge is -2.13. The van der Waals surface area contributed by atoms with Gasteiger partial charge in [0, 0.05) is 23.6 Å². The summed E-state index contributed by atoms with van der Waals surface area (Å²) in [5.74, 6) is 0.689. The van der Waals surface area contributed by atoms with Crippen LogP contribution in [0.1, 0.15) is 12.5 Å². The minimum absolute atomic E-state index is 0.0403. The van der Waals surface area contributed by atoms with Crippen molar-refractivity contribution in [2.75, 3.05) is 13.7 Å². The molecule has 6 heteroatoms. The summed E-state index contributed by atoms with van der Waals surface area (Å²) >= 11 is 0. The van der Waals surface area contributed by atoms with Crippen molar-refractivity contribution in [3.05, 3.63) is 47.8 Å². The molecule has 1 N–H and O–H groups in total. The third-order valence-corrected chi connectivity index (χ3v) is 3.72. The number of pyridine rings is 1. The van der Waals surface area contributed by atoms with Crippen molar-refractivity contribution in [2.24, 2.45) is 0 Å². The normalized spacial score (nSPS) is 10.7. The Morgan fingerprint density at radius 1 is 1.12 bits per heavy atom. The van der Waals surface area contributed by atoms with E-state index in [4.69, 9.17) is 14.2 Å². The highest BCUT2D eigenvalue weighted by Gasteiger charge is 2.14. The molecule has 0 amide bonds. The van der Waals surface area contributed by atoms with Crippen molar-refractivity contribution >= 4 is 10.9 Å². The van der Waals surface area contributed by atoms with Crippen LogP contribution >= 0.6 is 0 Å². The third-order valence-electron chi connectivity index (χ3n) is 3.72. The van der Waals surface area contributed by atoms with E-state index < -0.39 is 5.82 Å². The second-order valence-electron chi connectivity index (χ2n) is 5.45. The van der Waals surface area contributed by atoms with Crippen LogP contribution in [0, 0.1) is 12.7 Å². The maximum absolute atomic E-state index is 14.2. The van der Waals surface area contributed by atoms with Gasteiger partial charge in [0.05, 0.1) is 19.2 Å². The van der Waals surface area contributed by atoms with Crippen LogP contribution in [0.15, 0.2) is 36.4 Å². The molecule has 2 aromatic carbocycles. The van der Waals surface area contributed by atoms with Crippen molar-refractivity contribution in [3.63, 3.8) is 0 Å². The van der Waals surface area contributed by atoms with Gasteiger partial charge in [0.25, 0.3) is 0 Å². The molecule has 0 saturated heterocycles. The maximum Gasteiger partial charge on any atom is 0.217 e. The predicted octanol–water partition coefficient (Wildman–Crippen LogP) is 4.59. The topological polar surface area (TPSA) is 60.8 Å². The molecule has 0 aliphatic rings. The Balaban J connectivity index is 2.12. The second-order valence-corrected chi connectivity index (χ2v) is 5.45. The Labute approximate surface area is 144 Å². The number of aromatic nitrogens is 1. The summed E-state index contributed by atoms with van der Waals surface area (Å²) in [6, 6.07) is 9.35. The molecular weight excluding hydrogens is 325 g/mol. The number of ether oxygens (including phenoxy) is 3. The zero-order chi connectivity index (χ0) is 18.0. The van der Waals surface area contributed by atoms with Gasteiger partial charge >= 0.3 is 0 Å². The van der Waals surface area contributed by atoms with Gasteiger partial charge in [-0.15, -0.1) is 0 Å². The predicted molar refractivity (Wildman–Crippen MR) is 92.3 cm³/mol. The molecule has 0 fully saturated rings. The molecule has 0 unspecified atom stereocenters. The van der Waals surface area contributed by atoms with Gasteiger partial charge in [-0.3, -0.25) is 0 Å². The van der Waals surface area contributed by atoms with Gasteiger partial charge in [0.2, 0.25) is 5.88 Å². The number of phenols is 1. The Kier molecular flexibility index (Phi) is 4.61. The number of halogens is 1. The van der Waals surface area contributed by atoms with Crippen LogP contribution in [-0.4, -0.2) is 23.8 Å². The molecule has 1 heterocycles. The van der Waals surface area contributed by atoms with Crippen LogP contribution in [0.3, 0.4) is 0 Å². The number of phenolic OH excluding ortho intramolecular Hbond substituents is 1. The quantitative estimate of drug-likeness (QED) is 0.734. The molecule has 0 aliphatic heterocycles. The summed E-state index contributed by atoms with van der Waals surface area (Å²) in [6.07, 6.45) is 0. The highest BCUT2D eigenvalue weighted by atomic mass is 19.1. The first kappa shape index (κ1) is 16.8. The van der Waals surface area contributed by atoms with Crippen LogP contribution in [0.2, 0.25) is 0 Å². The highest BCUT2D eigenvalue weighted by Crippen LogP contribution is 2.36. The first-order chi connectivity index (χ1) is 12.0. The molecule has 1 aromatic heterocycles. The standard InChI is InChI=1S/C19H18FNO4/c1-4-24-19-10-17(13-6-5-12(23-3)8-15(13)21-19)25-18-9-16(22)11(2)7-14(18)20/h5-10,22H,4H2,1-3H3. The molecule has 0 aliphatic carbocycles. The molecular formula is C19H18FNO4. The summed E-state index contributed by atoms with van der Waals surface area (Å²) in [6.45, 7) is 3.89. The van der Waals surface area contributed by atoms with Crippen LogP contribution in [0.4, 0.5) is 4.39 Å². The lowest BCUT2D eigenvalue weighted by atomic mass is 10.2. The molecule has 3 aromatic rings. The number of rotatable bonds is 5. The monoisotopic (exact) mass is 343 g/mol. The summed E-state index contributed by atoms with van der Waals surface area (Å²) in [5.41, 5.74) is 1.03. The zero-order valence-corrected chi connectivity index (χ0v) is 14.2. The van der Waals surface area contributed by atoms with Gasteiger partial charge in [0.1, 0.15) is 17.2 Å². The molecule has 3 rings (SSSR count). The first-order valence-corrected chi connectivity index (χ1v) is 7.80. The van der Waals surface area contributed by atoms with E-state index in [-0.39, 0.29) is 11.5 Å². The molecule has 0 saturated carbocycles. The van der Waals surface area contributed by atoms with E-state index in [9.17, 15) is 9.50 Å². The number of aryl methyl sites for hydroxylation is 1. The molecule has 130 valence electrons. The van der Waals surface area contributed by atoms with Gasteiger partial charge < -0.3 is 19.3 Å². The van der Waals surface area contributed by atoms with E-state index in [0.717, 1.165) is 0 Å². The third kappa shape index (κ3) is 3.42. The Hall–Kier alpha value is -3.02. The van der Waals surface area contributed by atoms with E-state index in [2.05, 4.69) is 4.98 Å². The summed E-state index contributed by atoms with van der Waals surface area (Å²) in [4.78, 5) is 4.40. The van der Waals surface area contributed by atoms with Crippen LogP contribution in [0.5, 0.6) is 28.9 Å². The summed E-state index contributed by atoms with van der Waals surface area (Å²) in [5, 5.41) is 10.5. The summed E-state index contributed by atoms with van der Waals surface area (Å²) in [7, 11) is 1.56. The average molecular weight is 343 g/mol. The van der Waals surface area contributed by atoms with Gasteiger partial charge in [-0.2, -0.15) is 0 Å². The average Bonchev–Trinajstić information content (AvgIpc) is 2.59. The molecule has 25 heavy (non-hydrogen) atoms. The SMILES string of the molecule is CCOc1cc(Oc2cc(O)c(C)cc2F)c2ccc(OC)cc2n1. The van der Waals surface area contributed by atoms with E-state index >= 15 is 0 Å². The van der Waals surface area contributed by atoms with Crippen LogP contribution in [-0.2, 0) is 0 Å². The second kappa shape index (κ2) is 6.84. The Bertz CT molecular complexity index is 927. The Morgan fingerprint density at radius 2 is 1.92 bits per heavy atom. The number of hydrogen-bond acceptors (Lipinski definition) is 5. The molecule has 0 bridgehead atoms. The van der Waals surface area contributed by atoms with Crippen molar-refractivity contribution in [1.29, 1.82) is 0 Å². The summed E-state index contributed by atoms with van der Waals surface area (Å²) < 4.78 is 30.6. The maximum atomic E-state index is 14.2. The zero-order valence-electron chi connectivity index (χ0n) is 14.2. The van der Waals surface area contributed by atoms with Crippen molar-refractivity contribution in [3.8, 4) is 28.9 Å². The lowest BCUT2D eigenvalue weighted by Crippen LogP contribution is -1.97. The molecule has 0 spiro atoms. The fourth-order valence-corrected chi connectivity index (χ4v) is 2.43. The van der Waals surface area contributed by atoms with Crippen molar-refractivity contribution in [1.82, 2.24) is 4.98 Å². The van der Waals surface area contributed by atoms with E-state index in [1.54, 1.807) is 38.3 Å². The highest BCUT2D eigenvalue weighted by molar-refractivity contribution is 5.87. The largest absolute Gasteiger partial charge is 0.508 e. The van der Waals surface area contributed by atoms with Gasteiger partial charge in [-0.05, 0) is 37.6 Å². The Morgan fingerprint density at radius 3 is 2.64 bits per heavy atom. The smallest absolute Gasteiger partial charge is 0.217 e. The fraction of sp³-hybridized carbons (Fsp3) is 0.211. The minimum atomic E-state index is -0.563. The van der Waals surface area contributed by atoms with Crippen LogP contribution < -0.4 is 14.2 Å². The fourth-order valence-electron chi connectivity index (χ4n) is 2.43. The van der Waals surface area contributed by atoms with Gasteiger partial charge in [-0.25, -0.2) is 9.37 Å². The molecule has 0 atom stereocenters. The van der Waals surface area contributed by atoms with Crippen molar-refractivity contribution in [2.45, 2.75) is 13.8 Å². The van der Waals surface area contributed by atoms with E-state index in [0.29, 0.717) is 40.5 Å². The number of fused-ring (bicyclic) bond motifs is 1. The van der Waals surface area contributed by atoms with E-state index in [1.807, 2.05) is 6.92 Å². The lowest BCUT2D eigenvalue weighted by molar-refractivity contribution is 0.325. The molecule has 0 radical (unpaired) electrons. The number of hydrogen-bond donors (Lipinski definition) is 1. The van der Waals surface area contributed by atoms with Gasteiger partial charge in [0.15, 0.2) is 11.6 Å². The number of methoxy groups -OCH3 is 1. The van der Waals surface area contributed by atoms with Crippen LogP contribution in [0.25, 0.3) is 10.9 Å².